The molecule has 4 rings (SSSR count). The third-order valence-electron chi connectivity index (χ3n) is 5.42. The van der Waals surface area contributed by atoms with Crippen LogP contribution in [-0.4, -0.2) is 30.6 Å². The lowest BCUT2D eigenvalue weighted by atomic mass is 9.80. The van der Waals surface area contributed by atoms with E-state index in [9.17, 15) is 9.59 Å². The van der Waals surface area contributed by atoms with Gasteiger partial charge < -0.3 is 15.2 Å². The number of amides is 1. The Hall–Kier alpha value is -3.67. The Morgan fingerprint density at radius 2 is 1.87 bits per heavy atom. The number of carbonyl (C=O) groups excluding carboxylic acids is 2. The van der Waals surface area contributed by atoms with Crippen molar-refractivity contribution in [3.8, 4) is 5.75 Å². The summed E-state index contributed by atoms with van der Waals surface area (Å²) in [4.78, 5) is 29.0. The minimum atomic E-state index is -0.686. The third-order valence-corrected chi connectivity index (χ3v) is 5.42. The maximum absolute atomic E-state index is 13.0. The average Bonchev–Trinajstić information content (AvgIpc) is 2.76. The number of hydrogen-bond acceptors (Lipinski definition) is 5. The standard InChI is InChI=1S/C25H24N2O4/c1-15-11-17(13-16-7-9-18(30-2)10-8-16)24-20(12-15)23(25(29)31-14-22(26)28)19-5-3-4-6-21(19)27-24/h3-10,13,15H,11-12,14H2,1-2H3,(H2,26,28)/b17-13+/t15-/m0/s1. The first-order valence-electron chi connectivity index (χ1n) is 10.2. The molecule has 6 heteroatoms. The number of ether oxygens (including phenoxy) is 2. The highest BCUT2D eigenvalue weighted by Crippen LogP contribution is 2.38. The number of carbonyl (C=O) groups is 2. The second-order valence-corrected chi connectivity index (χ2v) is 7.83. The van der Waals surface area contributed by atoms with Crippen LogP contribution in [0.4, 0.5) is 0 Å². The smallest absolute Gasteiger partial charge is 0.339 e. The Labute approximate surface area is 180 Å². The van der Waals surface area contributed by atoms with Crippen molar-refractivity contribution < 1.29 is 19.1 Å². The predicted octanol–water partition coefficient (Wildman–Crippen LogP) is 4.01. The van der Waals surface area contributed by atoms with Crippen LogP contribution in [-0.2, 0) is 16.0 Å². The van der Waals surface area contributed by atoms with Gasteiger partial charge in [-0.05, 0) is 59.7 Å². The maximum atomic E-state index is 13.0. The van der Waals surface area contributed by atoms with Crippen LogP contribution >= 0.6 is 0 Å². The molecule has 0 saturated carbocycles. The number of nitrogens with zero attached hydrogens (tertiary/aromatic N) is 1. The van der Waals surface area contributed by atoms with Gasteiger partial charge >= 0.3 is 5.97 Å². The fraction of sp³-hybridized carbons (Fsp3) is 0.240. The van der Waals surface area contributed by atoms with Crippen molar-refractivity contribution in [3.63, 3.8) is 0 Å². The number of aromatic nitrogens is 1. The molecule has 0 unspecified atom stereocenters. The van der Waals surface area contributed by atoms with Gasteiger partial charge in [0, 0.05) is 5.39 Å². The summed E-state index contributed by atoms with van der Waals surface area (Å²) in [6, 6.07) is 15.3. The molecule has 158 valence electrons. The van der Waals surface area contributed by atoms with Crippen molar-refractivity contribution in [1.29, 1.82) is 0 Å². The number of methoxy groups -OCH3 is 1. The maximum Gasteiger partial charge on any atom is 0.339 e. The first-order chi connectivity index (χ1) is 15.0. The summed E-state index contributed by atoms with van der Waals surface area (Å²) in [5, 5.41) is 0.716. The zero-order chi connectivity index (χ0) is 22.0. The molecule has 2 aromatic carbocycles. The lowest BCUT2D eigenvalue weighted by molar-refractivity contribution is -0.121. The number of rotatable bonds is 5. The summed E-state index contributed by atoms with van der Waals surface area (Å²) in [7, 11) is 1.64. The molecule has 1 aliphatic carbocycles. The molecule has 1 atom stereocenters. The van der Waals surface area contributed by atoms with Gasteiger partial charge in [0.1, 0.15) is 5.75 Å². The number of allylic oxidation sites excluding steroid dienone is 1. The summed E-state index contributed by atoms with van der Waals surface area (Å²) in [5.74, 6) is -0.119. The van der Waals surface area contributed by atoms with E-state index < -0.39 is 18.5 Å². The Kier molecular flexibility index (Phi) is 5.71. The van der Waals surface area contributed by atoms with Crippen LogP contribution in [0, 0.1) is 5.92 Å². The van der Waals surface area contributed by atoms with Crippen LogP contribution < -0.4 is 10.5 Å². The predicted molar refractivity (Wildman–Crippen MR) is 120 cm³/mol. The van der Waals surface area contributed by atoms with Gasteiger partial charge in [-0.15, -0.1) is 0 Å². The minimum absolute atomic E-state index is 0.322. The van der Waals surface area contributed by atoms with Crippen LogP contribution in [0.25, 0.3) is 22.6 Å². The molecule has 1 amide bonds. The fourth-order valence-corrected chi connectivity index (χ4v) is 4.08. The number of esters is 1. The van der Waals surface area contributed by atoms with E-state index in [0.29, 0.717) is 28.8 Å². The SMILES string of the molecule is COc1ccc(/C=C2\C[C@H](C)Cc3c2nc2ccccc2c3C(=O)OCC(N)=O)cc1. The van der Waals surface area contributed by atoms with Crippen LogP contribution in [0.5, 0.6) is 5.75 Å². The molecule has 0 aliphatic heterocycles. The highest BCUT2D eigenvalue weighted by Gasteiger charge is 2.29. The molecule has 0 spiro atoms. The van der Waals surface area contributed by atoms with E-state index in [4.69, 9.17) is 20.2 Å². The summed E-state index contributed by atoms with van der Waals surface area (Å²) < 4.78 is 10.4. The van der Waals surface area contributed by atoms with Crippen molar-refractivity contribution in [3.05, 3.63) is 70.9 Å². The van der Waals surface area contributed by atoms with E-state index in [1.165, 1.54) is 0 Å². The fourth-order valence-electron chi connectivity index (χ4n) is 4.08. The second-order valence-electron chi connectivity index (χ2n) is 7.83. The molecule has 2 N–H and O–H groups in total. The topological polar surface area (TPSA) is 91.5 Å². The number of benzene rings is 2. The highest BCUT2D eigenvalue weighted by atomic mass is 16.5. The first-order valence-corrected chi connectivity index (χ1v) is 10.2. The first kappa shape index (κ1) is 20.6. The molecule has 3 aromatic rings. The van der Waals surface area contributed by atoms with Gasteiger partial charge in [0.25, 0.3) is 5.91 Å². The van der Waals surface area contributed by atoms with Crippen molar-refractivity contribution >= 4 is 34.4 Å². The lowest BCUT2D eigenvalue weighted by Crippen LogP contribution is -2.23. The van der Waals surface area contributed by atoms with Gasteiger partial charge in [-0.1, -0.05) is 37.3 Å². The molecular formula is C25H24N2O4. The Bertz CT molecular complexity index is 1180. The Morgan fingerprint density at radius 3 is 2.58 bits per heavy atom. The number of nitrogens with two attached hydrogens (primary N) is 1. The minimum Gasteiger partial charge on any atom is -0.497 e. The second kappa shape index (κ2) is 8.60. The monoisotopic (exact) mass is 416 g/mol. The highest BCUT2D eigenvalue weighted by molar-refractivity contribution is 6.07. The van der Waals surface area contributed by atoms with Crippen LogP contribution in [0.2, 0.25) is 0 Å². The van der Waals surface area contributed by atoms with Crippen molar-refractivity contribution in [2.24, 2.45) is 11.7 Å². The molecule has 31 heavy (non-hydrogen) atoms. The number of hydrogen-bond donors (Lipinski definition) is 1. The molecule has 6 nitrogen and oxygen atoms in total. The molecule has 0 saturated heterocycles. The molecule has 1 aliphatic rings. The number of primary amides is 1. The molecule has 1 aromatic heterocycles. The van der Waals surface area contributed by atoms with Crippen LogP contribution in [0.3, 0.4) is 0 Å². The summed E-state index contributed by atoms with van der Waals surface area (Å²) in [6.07, 6.45) is 3.66. The van der Waals surface area contributed by atoms with E-state index in [1.807, 2.05) is 48.5 Å². The number of para-hydroxylation sites is 1. The average molecular weight is 416 g/mol. The van der Waals surface area contributed by atoms with Gasteiger partial charge in [0.2, 0.25) is 0 Å². The number of pyridine rings is 1. The summed E-state index contributed by atoms with van der Waals surface area (Å²) in [5.41, 5.74) is 10.1. The third kappa shape index (κ3) is 4.28. The van der Waals surface area contributed by atoms with Gasteiger partial charge in [-0.2, -0.15) is 0 Å². The normalized spacial score (nSPS) is 16.7. The van der Waals surface area contributed by atoms with Crippen molar-refractivity contribution in [2.75, 3.05) is 13.7 Å². The zero-order valence-electron chi connectivity index (χ0n) is 17.6. The molecule has 0 bridgehead atoms. The molecule has 0 fully saturated rings. The van der Waals surface area contributed by atoms with Gasteiger partial charge in [-0.25, -0.2) is 9.78 Å². The van der Waals surface area contributed by atoms with Crippen molar-refractivity contribution in [2.45, 2.75) is 19.8 Å². The van der Waals surface area contributed by atoms with Crippen LogP contribution in [0.1, 0.15) is 40.5 Å². The van der Waals surface area contributed by atoms with Crippen molar-refractivity contribution in [1.82, 2.24) is 4.98 Å². The molecule has 1 heterocycles. The molecular weight excluding hydrogens is 392 g/mol. The van der Waals surface area contributed by atoms with E-state index in [2.05, 4.69) is 13.0 Å². The molecule has 0 radical (unpaired) electrons. The summed E-state index contributed by atoms with van der Waals surface area (Å²) >= 11 is 0. The van der Waals surface area contributed by atoms with E-state index in [-0.39, 0.29) is 0 Å². The zero-order valence-corrected chi connectivity index (χ0v) is 17.6. The summed E-state index contributed by atoms with van der Waals surface area (Å²) in [6.45, 7) is 1.70. The Morgan fingerprint density at radius 1 is 1.13 bits per heavy atom. The number of fused-ring (bicyclic) bond motifs is 2. The van der Waals surface area contributed by atoms with E-state index >= 15 is 0 Å². The van der Waals surface area contributed by atoms with E-state index in [1.54, 1.807) is 7.11 Å². The Balaban J connectivity index is 1.87. The van der Waals surface area contributed by atoms with Gasteiger partial charge in [0.15, 0.2) is 6.61 Å². The quantitative estimate of drug-likeness (QED) is 0.635. The van der Waals surface area contributed by atoms with Gasteiger partial charge in [0.05, 0.1) is 23.9 Å². The largest absolute Gasteiger partial charge is 0.497 e. The lowest BCUT2D eigenvalue weighted by Gasteiger charge is -2.26. The van der Waals surface area contributed by atoms with Gasteiger partial charge in [-0.3, -0.25) is 4.79 Å². The van der Waals surface area contributed by atoms with Crippen LogP contribution in [0.15, 0.2) is 48.5 Å². The van der Waals surface area contributed by atoms with E-state index in [0.717, 1.165) is 34.6 Å².